The molecule has 0 rings (SSSR count). The van der Waals surface area contributed by atoms with Crippen LogP contribution in [-0.2, 0) is 9.59 Å². The Morgan fingerprint density at radius 2 is 1.81 bits per heavy atom. The first kappa shape index (κ1) is 14.9. The Kier molecular flexibility index (Phi) is 5.48. The van der Waals surface area contributed by atoms with Crippen LogP contribution in [0.1, 0.15) is 40.0 Å². The number of hydrogen-bond donors (Lipinski definition) is 1. The van der Waals surface area contributed by atoms with Gasteiger partial charge in [-0.25, -0.2) is 0 Å². The number of carbonyl (C=O) groups excluding carboxylic acids is 1. The lowest BCUT2D eigenvalue weighted by Crippen LogP contribution is -2.29. The molecule has 0 aliphatic heterocycles. The van der Waals surface area contributed by atoms with E-state index in [1.807, 2.05) is 20.8 Å². The molecule has 0 spiro atoms. The summed E-state index contributed by atoms with van der Waals surface area (Å²) in [5.74, 6) is -0.717. The van der Waals surface area contributed by atoms with Gasteiger partial charge in [-0.2, -0.15) is 0 Å². The van der Waals surface area contributed by atoms with E-state index in [-0.39, 0.29) is 23.7 Å². The molecule has 0 saturated heterocycles. The highest BCUT2D eigenvalue weighted by atomic mass is 16.4. The highest BCUT2D eigenvalue weighted by Crippen LogP contribution is 2.28. The van der Waals surface area contributed by atoms with Crippen molar-refractivity contribution >= 4 is 11.9 Å². The Balaban J connectivity index is 4.13. The van der Waals surface area contributed by atoms with Crippen molar-refractivity contribution in [3.63, 3.8) is 0 Å². The first-order chi connectivity index (χ1) is 7.15. The van der Waals surface area contributed by atoms with Crippen LogP contribution in [-0.4, -0.2) is 36.0 Å². The third-order valence-electron chi connectivity index (χ3n) is 2.75. The minimum absolute atomic E-state index is 0.0388. The van der Waals surface area contributed by atoms with Crippen LogP contribution in [0.3, 0.4) is 0 Å². The maximum Gasteiger partial charge on any atom is 0.303 e. The molecule has 0 aliphatic rings. The second-order valence-electron chi connectivity index (χ2n) is 5.41. The van der Waals surface area contributed by atoms with Gasteiger partial charge in [-0.1, -0.05) is 20.8 Å². The van der Waals surface area contributed by atoms with Gasteiger partial charge in [0.2, 0.25) is 5.91 Å². The molecule has 0 radical (unpaired) electrons. The summed E-state index contributed by atoms with van der Waals surface area (Å²) >= 11 is 0. The average molecular weight is 229 g/mol. The molecule has 4 heteroatoms. The largest absolute Gasteiger partial charge is 0.481 e. The van der Waals surface area contributed by atoms with Crippen LogP contribution in [0.25, 0.3) is 0 Å². The van der Waals surface area contributed by atoms with Gasteiger partial charge in [0.25, 0.3) is 0 Å². The zero-order valence-corrected chi connectivity index (χ0v) is 10.9. The van der Waals surface area contributed by atoms with Crippen LogP contribution in [0.15, 0.2) is 0 Å². The summed E-state index contributed by atoms with van der Waals surface area (Å²) in [6.45, 7) is 5.74. The molecule has 1 unspecified atom stereocenters. The summed E-state index contributed by atoms with van der Waals surface area (Å²) in [6, 6.07) is 0. The van der Waals surface area contributed by atoms with Crippen LogP contribution >= 0.6 is 0 Å². The number of nitrogens with zero attached hydrogens (tertiary/aromatic N) is 1. The molecule has 1 amide bonds. The quantitative estimate of drug-likeness (QED) is 0.757. The number of aliphatic carboxylic acids is 1. The zero-order chi connectivity index (χ0) is 12.9. The fourth-order valence-corrected chi connectivity index (χ4v) is 1.67. The summed E-state index contributed by atoms with van der Waals surface area (Å²) < 4.78 is 0. The summed E-state index contributed by atoms with van der Waals surface area (Å²) in [6.07, 6.45) is 1.63. The standard InChI is InChI=1S/C12H23NO3/c1-9(11(16)13(4)5)6-7-12(2,3)8-10(14)15/h9H,6-8H2,1-5H3,(H,14,15). The monoisotopic (exact) mass is 229 g/mol. The van der Waals surface area contributed by atoms with E-state index in [9.17, 15) is 9.59 Å². The summed E-state index contributed by atoms with van der Waals surface area (Å²) in [5.41, 5.74) is -0.243. The molecule has 0 saturated carbocycles. The number of carboxylic acid groups (broad SMARTS) is 1. The Labute approximate surface area is 97.6 Å². The summed E-state index contributed by atoms with van der Waals surface area (Å²) in [4.78, 5) is 23.8. The highest BCUT2D eigenvalue weighted by molar-refractivity contribution is 5.77. The molecule has 0 bridgehead atoms. The van der Waals surface area contributed by atoms with Gasteiger partial charge >= 0.3 is 5.97 Å². The Morgan fingerprint density at radius 1 is 1.31 bits per heavy atom. The van der Waals surface area contributed by atoms with Gasteiger partial charge < -0.3 is 10.0 Å². The number of carboxylic acids is 1. The first-order valence-electron chi connectivity index (χ1n) is 5.58. The van der Waals surface area contributed by atoms with Crippen molar-refractivity contribution in [1.29, 1.82) is 0 Å². The molecule has 1 N–H and O–H groups in total. The molecule has 0 heterocycles. The van der Waals surface area contributed by atoms with E-state index < -0.39 is 5.97 Å². The Hall–Kier alpha value is -1.06. The van der Waals surface area contributed by atoms with Crippen molar-refractivity contribution in [2.24, 2.45) is 11.3 Å². The van der Waals surface area contributed by atoms with E-state index in [2.05, 4.69) is 0 Å². The highest BCUT2D eigenvalue weighted by Gasteiger charge is 2.24. The molecule has 4 nitrogen and oxygen atoms in total. The lowest BCUT2D eigenvalue weighted by atomic mass is 9.82. The lowest BCUT2D eigenvalue weighted by molar-refractivity contribution is -0.139. The average Bonchev–Trinajstić information content (AvgIpc) is 2.10. The Morgan fingerprint density at radius 3 is 2.19 bits per heavy atom. The normalized spacial score (nSPS) is 13.3. The van der Waals surface area contributed by atoms with Crippen molar-refractivity contribution in [2.45, 2.75) is 40.0 Å². The summed E-state index contributed by atoms with van der Waals surface area (Å²) in [7, 11) is 3.47. The molecule has 94 valence electrons. The topological polar surface area (TPSA) is 57.6 Å². The van der Waals surface area contributed by atoms with Crippen molar-refractivity contribution in [3.8, 4) is 0 Å². The molecule has 1 atom stereocenters. The SMILES string of the molecule is CC(CCC(C)(C)CC(=O)O)C(=O)N(C)C. The van der Waals surface area contributed by atoms with Gasteiger partial charge in [-0.3, -0.25) is 9.59 Å². The number of rotatable bonds is 6. The fraction of sp³-hybridized carbons (Fsp3) is 0.833. The smallest absolute Gasteiger partial charge is 0.303 e. The van der Waals surface area contributed by atoms with E-state index in [1.165, 1.54) is 0 Å². The van der Waals surface area contributed by atoms with E-state index >= 15 is 0 Å². The lowest BCUT2D eigenvalue weighted by Gasteiger charge is -2.25. The van der Waals surface area contributed by atoms with Gasteiger partial charge in [0.1, 0.15) is 0 Å². The minimum atomic E-state index is -0.781. The zero-order valence-electron chi connectivity index (χ0n) is 10.9. The van der Waals surface area contributed by atoms with Crippen LogP contribution < -0.4 is 0 Å². The molecule has 0 aromatic rings. The fourth-order valence-electron chi connectivity index (χ4n) is 1.67. The van der Waals surface area contributed by atoms with Crippen molar-refractivity contribution in [1.82, 2.24) is 4.90 Å². The van der Waals surface area contributed by atoms with Crippen LogP contribution in [0.5, 0.6) is 0 Å². The number of carbonyl (C=O) groups is 2. The molecular formula is C12H23NO3. The Bertz CT molecular complexity index is 259. The number of amides is 1. The summed E-state index contributed by atoms with van der Waals surface area (Å²) in [5, 5.41) is 8.74. The van der Waals surface area contributed by atoms with Crippen LogP contribution in [0, 0.1) is 11.3 Å². The van der Waals surface area contributed by atoms with Gasteiger partial charge in [-0.05, 0) is 18.3 Å². The van der Waals surface area contributed by atoms with Gasteiger partial charge in [0.05, 0.1) is 6.42 Å². The maximum absolute atomic E-state index is 11.6. The third-order valence-corrected chi connectivity index (χ3v) is 2.75. The molecule has 0 aliphatic carbocycles. The van der Waals surface area contributed by atoms with Crippen molar-refractivity contribution < 1.29 is 14.7 Å². The van der Waals surface area contributed by atoms with E-state index in [1.54, 1.807) is 19.0 Å². The molecule has 0 aromatic carbocycles. The van der Waals surface area contributed by atoms with E-state index in [4.69, 9.17) is 5.11 Å². The molecule has 16 heavy (non-hydrogen) atoms. The minimum Gasteiger partial charge on any atom is -0.481 e. The van der Waals surface area contributed by atoms with Gasteiger partial charge in [-0.15, -0.1) is 0 Å². The molecule has 0 aromatic heterocycles. The van der Waals surface area contributed by atoms with E-state index in [0.29, 0.717) is 0 Å². The second-order valence-corrected chi connectivity index (χ2v) is 5.41. The van der Waals surface area contributed by atoms with Gasteiger partial charge in [0.15, 0.2) is 0 Å². The molecule has 0 fully saturated rings. The predicted octanol–water partition coefficient (Wildman–Crippen LogP) is 1.99. The van der Waals surface area contributed by atoms with Crippen molar-refractivity contribution in [2.75, 3.05) is 14.1 Å². The maximum atomic E-state index is 11.6. The molecular weight excluding hydrogens is 206 g/mol. The van der Waals surface area contributed by atoms with E-state index in [0.717, 1.165) is 12.8 Å². The third kappa shape index (κ3) is 5.73. The second kappa shape index (κ2) is 5.87. The van der Waals surface area contributed by atoms with Crippen LogP contribution in [0.4, 0.5) is 0 Å². The predicted molar refractivity (Wildman–Crippen MR) is 63.1 cm³/mol. The van der Waals surface area contributed by atoms with Crippen molar-refractivity contribution in [3.05, 3.63) is 0 Å². The first-order valence-corrected chi connectivity index (χ1v) is 5.58. The van der Waals surface area contributed by atoms with Crippen LogP contribution in [0.2, 0.25) is 0 Å². The van der Waals surface area contributed by atoms with Gasteiger partial charge in [0, 0.05) is 20.0 Å². The number of hydrogen-bond acceptors (Lipinski definition) is 2.